The van der Waals surface area contributed by atoms with Crippen LogP contribution in [0, 0.1) is 16.2 Å². The molecular weight excluding hydrogens is 226 g/mol. The molecule has 0 fully saturated rings. The van der Waals surface area contributed by atoms with Crippen molar-refractivity contribution in [1.82, 2.24) is 0 Å². The first-order chi connectivity index (χ1) is 8.02. The van der Waals surface area contributed by atoms with Gasteiger partial charge >= 0.3 is 5.97 Å². The Morgan fingerprint density at radius 3 is 2.82 bits per heavy atom. The third-order valence-corrected chi connectivity index (χ3v) is 1.75. The van der Waals surface area contributed by atoms with E-state index in [1.807, 2.05) is 0 Å². The van der Waals surface area contributed by atoms with Crippen molar-refractivity contribution in [2.75, 3.05) is 6.61 Å². The van der Waals surface area contributed by atoms with Gasteiger partial charge in [-0.15, -0.1) is 0 Å². The number of ether oxygens (including phenoxy) is 1. The zero-order valence-electron chi connectivity index (χ0n) is 9.04. The standard InChI is InChI=1S/C11H10NO5/c1-8(14)17-11(7-13)6-9-3-2-4-10(5-9)12(15)16/h2-5,13H,7H2,1H3. The summed E-state index contributed by atoms with van der Waals surface area (Å²) in [6.45, 7) is 0.674. The number of carbonyl (C=O) groups excluding carboxylic acids is 1. The Bertz CT molecular complexity index is 467. The first kappa shape index (κ1) is 12.9. The van der Waals surface area contributed by atoms with Gasteiger partial charge < -0.3 is 9.84 Å². The quantitative estimate of drug-likeness (QED) is 0.367. The molecular formula is C11H10NO5. The molecule has 1 N–H and O–H groups in total. The third-order valence-electron chi connectivity index (χ3n) is 1.75. The first-order valence-electron chi connectivity index (χ1n) is 4.69. The Morgan fingerprint density at radius 2 is 2.29 bits per heavy atom. The third kappa shape index (κ3) is 4.04. The lowest BCUT2D eigenvalue weighted by atomic mass is 10.2. The highest BCUT2D eigenvalue weighted by Crippen LogP contribution is 2.14. The first-order valence-corrected chi connectivity index (χ1v) is 4.69. The average Bonchev–Trinajstić information content (AvgIpc) is 2.28. The molecule has 0 bridgehead atoms. The molecule has 0 aromatic heterocycles. The lowest BCUT2D eigenvalue weighted by Crippen LogP contribution is -2.03. The molecule has 0 heterocycles. The molecule has 1 aromatic rings. The van der Waals surface area contributed by atoms with Gasteiger partial charge in [0.15, 0.2) is 0 Å². The molecule has 0 aliphatic carbocycles. The minimum atomic E-state index is -0.591. The van der Waals surface area contributed by atoms with Gasteiger partial charge in [0, 0.05) is 25.1 Å². The molecule has 6 heteroatoms. The van der Waals surface area contributed by atoms with Crippen molar-refractivity contribution in [3.8, 4) is 0 Å². The van der Waals surface area contributed by atoms with Crippen LogP contribution in [0.1, 0.15) is 12.5 Å². The van der Waals surface area contributed by atoms with Crippen molar-refractivity contribution < 1.29 is 19.6 Å². The summed E-state index contributed by atoms with van der Waals surface area (Å²) in [6, 6.07) is 5.62. The van der Waals surface area contributed by atoms with Crippen LogP contribution in [0.25, 0.3) is 0 Å². The van der Waals surface area contributed by atoms with Crippen LogP contribution in [0.3, 0.4) is 0 Å². The number of hydrogen-bond donors (Lipinski definition) is 1. The van der Waals surface area contributed by atoms with E-state index in [1.54, 1.807) is 6.07 Å². The molecule has 1 aromatic carbocycles. The van der Waals surface area contributed by atoms with Crippen molar-refractivity contribution >= 4 is 11.7 Å². The van der Waals surface area contributed by atoms with Crippen LogP contribution in [0.15, 0.2) is 30.0 Å². The molecule has 1 rings (SSSR count). The molecule has 0 amide bonds. The zero-order chi connectivity index (χ0) is 12.8. The van der Waals surface area contributed by atoms with Crippen LogP contribution in [-0.2, 0) is 9.53 Å². The van der Waals surface area contributed by atoms with Crippen LogP contribution < -0.4 is 0 Å². The van der Waals surface area contributed by atoms with Crippen LogP contribution in [-0.4, -0.2) is 22.6 Å². The molecule has 0 aliphatic rings. The maximum atomic E-state index is 10.7. The summed E-state index contributed by atoms with van der Waals surface area (Å²) in [5.74, 6) is -0.676. The van der Waals surface area contributed by atoms with Crippen molar-refractivity contribution in [2.45, 2.75) is 6.92 Å². The number of hydrogen-bond acceptors (Lipinski definition) is 5. The van der Waals surface area contributed by atoms with Gasteiger partial charge in [-0.3, -0.25) is 14.9 Å². The number of aliphatic hydroxyl groups is 1. The van der Waals surface area contributed by atoms with E-state index in [0.29, 0.717) is 5.56 Å². The van der Waals surface area contributed by atoms with Crippen LogP contribution in [0.5, 0.6) is 0 Å². The van der Waals surface area contributed by atoms with E-state index in [0.717, 1.165) is 0 Å². The monoisotopic (exact) mass is 236 g/mol. The summed E-state index contributed by atoms with van der Waals surface area (Å²) in [7, 11) is 0. The summed E-state index contributed by atoms with van der Waals surface area (Å²) < 4.78 is 4.65. The Labute approximate surface area is 97.3 Å². The van der Waals surface area contributed by atoms with E-state index in [9.17, 15) is 14.9 Å². The molecule has 0 saturated carbocycles. The second-order valence-electron chi connectivity index (χ2n) is 3.11. The van der Waals surface area contributed by atoms with E-state index < -0.39 is 17.5 Å². The predicted molar refractivity (Wildman–Crippen MR) is 57.8 cm³/mol. The topological polar surface area (TPSA) is 89.7 Å². The number of carbonyl (C=O) groups is 1. The SMILES string of the molecule is CC(=O)OC(=[C]c1cccc([N+](=O)[O-])c1)CO. The highest BCUT2D eigenvalue weighted by molar-refractivity contribution is 5.67. The minimum absolute atomic E-state index is 0.0852. The van der Waals surface area contributed by atoms with Crippen molar-refractivity contribution in [3.05, 3.63) is 51.8 Å². The summed E-state index contributed by atoms with van der Waals surface area (Å²) in [5.41, 5.74) is 0.250. The fourth-order valence-electron chi connectivity index (χ4n) is 1.13. The van der Waals surface area contributed by atoms with Crippen LogP contribution in [0.2, 0.25) is 0 Å². The summed E-state index contributed by atoms with van der Waals surface area (Å²) >= 11 is 0. The summed E-state index contributed by atoms with van der Waals surface area (Å²) in [5, 5.41) is 19.4. The summed E-state index contributed by atoms with van der Waals surface area (Å²) in [6.07, 6.45) is 2.57. The highest BCUT2D eigenvalue weighted by atomic mass is 16.6. The second-order valence-corrected chi connectivity index (χ2v) is 3.11. The van der Waals surface area contributed by atoms with Crippen molar-refractivity contribution in [2.24, 2.45) is 0 Å². The molecule has 0 atom stereocenters. The molecule has 1 radical (unpaired) electrons. The predicted octanol–water partition coefficient (Wildman–Crippen LogP) is 1.19. The Hall–Kier alpha value is -2.21. The lowest BCUT2D eigenvalue weighted by Gasteiger charge is -2.02. The van der Waals surface area contributed by atoms with E-state index in [4.69, 9.17) is 5.11 Å². The Kier molecular flexibility index (Phi) is 4.36. The van der Waals surface area contributed by atoms with Crippen LogP contribution >= 0.6 is 0 Å². The largest absolute Gasteiger partial charge is 0.428 e. The summed E-state index contributed by atoms with van der Waals surface area (Å²) in [4.78, 5) is 20.7. The van der Waals surface area contributed by atoms with Gasteiger partial charge in [-0.05, 0) is 5.56 Å². The van der Waals surface area contributed by atoms with E-state index in [1.165, 1.54) is 25.1 Å². The number of aliphatic hydroxyl groups excluding tert-OH is 1. The normalized spacial score (nSPS) is 11.1. The highest BCUT2D eigenvalue weighted by Gasteiger charge is 2.07. The van der Waals surface area contributed by atoms with Crippen molar-refractivity contribution in [1.29, 1.82) is 0 Å². The second kappa shape index (κ2) is 5.76. The number of benzene rings is 1. The van der Waals surface area contributed by atoms with Crippen molar-refractivity contribution in [3.63, 3.8) is 0 Å². The van der Waals surface area contributed by atoms with E-state index >= 15 is 0 Å². The Morgan fingerprint density at radius 1 is 1.59 bits per heavy atom. The number of esters is 1. The van der Waals surface area contributed by atoms with Gasteiger partial charge in [0.1, 0.15) is 12.4 Å². The molecule has 0 spiro atoms. The fraction of sp³-hybridized carbons (Fsp3) is 0.182. The van der Waals surface area contributed by atoms with E-state index in [-0.39, 0.29) is 11.4 Å². The molecule has 6 nitrogen and oxygen atoms in total. The van der Waals surface area contributed by atoms with Gasteiger partial charge in [-0.2, -0.15) is 0 Å². The Balaban J connectivity index is 2.99. The molecule has 89 valence electrons. The van der Waals surface area contributed by atoms with Gasteiger partial charge in [0.25, 0.3) is 5.69 Å². The number of nitrogens with zero attached hydrogens (tertiary/aromatic N) is 1. The smallest absolute Gasteiger partial charge is 0.307 e. The van der Waals surface area contributed by atoms with Gasteiger partial charge in [0.2, 0.25) is 0 Å². The minimum Gasteiger partial charge on any atom is -0.428 e. The van der Waals surface area contributed by atoms with Gasteiger partial charge in [-0.25, -0.2) is 0 Å². The van der Waals surface area contributed by atoms with Crippen LogP contribution in [0.4, 0.5) is 5.69 Å². The van der Waals surface area contributed by atoms with Gasteiger partial charge in [-0.1, -0.05) is 12.1 Å². The maximum absolute atomic E-state index is 10.7. The zero-order valence-corrected chi connectivity index (χ0v) is 9.04. The number of nitro groups is 1. The fourth-order valence-corrected chi connectivity index (χ4v) is 1.13. The number of non-ortho nitro benzene ring substituents is 1. The average molecular weight is 236 g/mol. The number of rotatable bonds is 4. The van der Waals surface area contributed by atoms with E-state index in [2.05, 4.69) is 10.8 Å². The maximum Gasteiger partial charge on any atom is 0.307 e. The molecule has 0 aliphatic heterocycles. The molecule has 0 unspecified atom stereocenters. The number of nitro benzene ring substituents is 1. The van der Waals surface area contributed by atoms with Gasteiger partial charge in [0.05, 0.1) is 4.92 Å². The molecule has 0 saturated heterocycles. The molecule has 17 heavy (non-hydrogen) atoms. The lowest BCUT2D eigenvalue weighted by molar-refractivity contribution is -0.384.